The van der Waals surface area contributed by atoms with E-state index in [1.165, 1.54) is 50.0 Å². The molecule has 1 aliphatic carbocycles. The minimum absolute atomic E-state index is 0.574. The molecular formula is C14H23N5S. The maximum atomic E-state index is 5.51. The Morgan fingerprint density at radius 2 is 1.90 bits per heavy atom. The van der Waals surface area contributed by atoms with Crippen molar-refractivity contribution in [1.29, 1.82) is 0 Å². The van der Waals surface area contributed by atoms with Gasteiger partial charge in [0, 0.05) is 12.3 Å². The number of unbranched alkanes of at least 4 members (excludes halogenated alkanes) is 3. The van der Waals surface area contributed by atoms with Gasteiger partial charge in [0.05, 0.1) is 0 Å². The number of aromatic nitrogens is 4. The lowest BCUT2D eigenvalue weighted by Gasteiger charge is -2.03. The molecule has 1 saturated carbocycles. The van der Waals surface area contributed by atoms with Crippen LogP contribution in [0.15, 0.2) is 0 Å². The van der Waals surface area contributed by atoms with Crippen LogP contribution < -0.4 is 5.73 Å². The number of hydrogen-bond acceptors (Lipinski definition) is 5. The summed E-state index contributed by atoms with van der Waals surface area (Å²) in [6.07, 6.45) is 11.0. The zero-order valence-corrected chi connectivity index (χ0v) is 12.7. The molecule has 20 heavy (non-hydrogen) atoms. The molecule has 0 atom stereocenters. The third-order valence-corrected chi connectivity index (χ3v) is 5.08. The Balaban J connectivity index is 1.62. The van der Waals surface area contributed by atoms with Crippen LogP contribution in [0.5, 0.6) is 0 Å². The molecule has 2 aromatic heterocycles. The van der Waals surface area contributed by atoms with Gasteiger partial charge in [0.25, 0.3) is 0 Å². The fourth-order valence-corrected chi connectivity index (χ4v) is 3.87. The van der Waals surface area contributed by atoms with E-state index >= 15 is 0 Å². The number of hydrogen-bond donors (Lipinski definition) is 1. The van der Waals surface area contributed by atoms with E-state index in [0.29, 0.717) is 5.92 Å². The van der Waals surface area contributed by atoms with Crippen molar-refractivity contribution in [3.8, 4) is 0 Å². The molecule has 0 unspecified atom stereocenters. The Kier molecular flexibility index (Phi) is 4.62. The van der Waals surface area contributed by atoms with Crippen LogP contribution in [-0.4, -0.2) is 26.4 Å². The van der Waals surface area contributed by atoms with Crippen molar-refractivity contribution >= 4 is 16.3 Å². The second-order valence-electron chi connectivity index (χ2n) is 5.68. The zero-order chi connectivity index (χ0) is 13.8. The molecule has 1 aliphatic rings. The molecule has 1 fully saturated rings. The van der Waals surface area contributed by atoms with Crippen LogP contribution >= 0.6 is 11.3 Å². The molecule has 0 aliphatic heterocycles. The summed E-state index contributed by atoms with van der Waals surface area (Å²) in [6, 6.07) is 0. The second kappa shape index (κ2) is 6.63. The molecular weight excluding hydrogens is 270 g/mol. The minimum Gasteiger partial charge on any atom is -0.330 e. The number of rotatable bonds is 7. The lowest BCUT2D eigenvalue weighted by molar-refractivity contribution is 0.625. The van der Waals surface area contributed by atoms with Crippen LogP contribution in [0.2, 0.25) is 0 Å². The zero-order valence-electron chi connectivity index (χ0n) is 11.9. The summed E-state index contributed by atoms with van der Waals surface area (Å²) in [5, 5.41) is 14.6. The Labute approximate surface area is 123 Å². The minimum atomic E-state index is 0.574. The highest BCUT2D eigenvalue weighted by atomic mass is 32.1. The molecule has 0 radical (unpaired) electrons. The van der Waals surface area contributed by atoms with Gasteiger partial charge in [0.15, 0.2) is 5.82 Å². The number of aryl methyl sites for hydroxylation is 1. The maximum Gasteiger partial charge on any atom is 0.234 e. The van der Waals surface area contributed by atoms with E-state index in [-0.39, 0.29) is 0 Å². The summed E-state index contributed by atoms with van der Waals surface area (Å²) in [7, 11) is 0. The lowest BCUT2D eigenvalue weighted by atomic mass is 10.1. The molecule has 0 saturated heterocycles. The van der Waals surface area contributed by atoms with E-state index < -0.39 is 0 Å². The van der Waals surface area contributed by atoms with Gasteiger partial charge in [0.2, 0.25) is 4.96 Å². The Morgan fingerprint density at radius 1 is 1.10 bits per heavy atom. The standard InChI is InChI=1S/C14H23N5S/c15-10-6-2-1-3-9-12-18-19-13(11-7-4-5-8-11)16-17-14(19)20-12/h11H,1-10,15H2. The Bertz CT molecular complexity index is 541. The van der Waals surface area contributed by atoms with Gasteiger partial charge >= 0.3 is 0 Å². The molecule has 110 valence electrons. The van der Waals surface area contributed by atoms with Crippen LogP contribution in [0.3, 0.4) is 0 Å². The largest absolute Gasteiger partial charge is 0.330 e. The van der Waals surface area contributed by atoms with E-state index in [1.807, 2.05) is 4.52 Å². The number of fused-ring (bicyclic) bond motifs is 1. The van der Waals surface area contributed by atoms with Gasteiger partial charge in [-0.1, -0.05) is 37.0 Å². The van der Waals surface area contributed by atoms with Gasteiger partial charge in [-0.3, -0.25) is 0 Å². The highest BCUT2D eigenvalue weighted by Gasteiger charge is 2.23. The molecule has 0 amide bonds. The summed E-state index contributed by atoms with van der Waals surface area (Å²) < 4.78 is 2.00. The van der Waals surface area contributed by atoms with E-state index in [4.69, 9.17) is 10.8 Å². The van der Waals surface area contributed by atoms with Crippen molar-refractivity contribution in [2.45, 2.75) is 63.7 Å². The van der Waals surface area contributed by atoms with Crippen molar-refractivity contribution in [3.63, 3.8) is 0 Å². The number of nitrogens with zero attached hydrogens (tertiary/aromatic N) is 4. The molecule has 0 aromatic carbocycles. The van der Waals surface area contributed by atoms with Crippen LogP contribution in [-0.2, 0) is 6.42 Å². The lowest BCUT2D eigenvalue weighted by Crippen LogP contribution is -2.02. The van der Waals surface area contributed by atoms with Crippen molar-refractivity contribution in [3.05, 3.63) is 10.8 Å². The predicted molar refractivity (Wildman–Crippen MR) is 81.1 cm³/mol. The second-order valence-corrected chi connectivity index (χ2v) is 6.72. The average Bonchev–Trinajstić information content (AvgIpc) is 3.13. The van der Waals surface area contributed by atoms with E-state index in [9.17, 15) is 0 Å². The third kappa shape index (κ3) is 3.01. The van der Waals surface area contributed by atoms with Gasteiger partial charge < -0.3 is 5.73 Å². The predicted octanol–water partition coefficient (Wildman–Crippen LogP) is 2.91. The van der Waals surface area contributed by atoms with Crippen LogP contribution in [0, 0.1) is 0 Å². The molecule has 2 heterocycles. The SMILES string of the molecule is NCCCCCCc1nn2c(C3CCCC3)nnc2s1. The highest BCUT2D eigenvalue weighted by Crippen LogP contribution is 2.33. The molecule has 5 nitrogen and oxygen atoms in total. The third-order valence-electron chi connectivity index (χ3n) is 4.12. The van der Waals surface area contributed by atoms with Crippen LogP contribution in [0.1, 0.15) is 68.1 Å². The fourth-order valence-electron chi connectivity index (χ4n) is 2.99. The summed E-state index contributed by atoms with van der Waals surface area (Å²) in [5.41, 5.74) is 5.51. The van der Waals surface area contributed by atoms with E-state index in [2.05, 4.69) is 10.2 Å². The Hall–Kier alpha value is -1.01. The first-order valence-electron chi connectivity index (χ1n) is 7.79. The van der Waals surface area contributed by atoms with Gasteiger partial charge in [-0.15, -0.1) is 10.2 Å². The normalized spacial score (nSPS) is 16.4. The number of nitrogens with two attached hydrogens (primary N) is 1. The van der Waals surface area contributed by atoms with Gasteiger partial charge in [-0.25, -0.2) is 0 Å². The van der Waals surface area contributed by atoms with E-state index in [1.54, 1.807) is 11.3 Å². The van der Waals surface area contributed by atoms with Crippen molar-refractivity contribution in [2.24, 2.45) is 5.73 Å². The molecule has 2 N–H and O–H groups in total. The average molecular weight is 293 g/mol. The molecule has 3 rings (SSSR count). The first-order valence-corrected chi connectivity index (χ1v) is 8.61. The molecule has 0 spiro atoms. The van der Waals surface area contributed by atoms with Gasteiger partial charge in [0.1, 0.15) is 5.01 Å². The molecule has 0 bridgehead atoms. The van der Waals surface area contributed by atoms with Crippen LogP contribution in [0.25, 0.3) is 4.96 Å². The monoisotopic (exact) mass is 293 g/mol. The van der Waals surface area contributed by atoms with Crippen molar-refractivity contribution in [1.82, 2.24) is 19.8 Å². The van der Waals surface area contributed by atoms with Crippen LogP contribution in [0.4, 0.5) is 0 Å². The Morgan fingerprint density at radius 3 is 2.70 bits per heavy atom. The summed E-state index contributed by atoms with van der Waals surface area (Å²) in [6.45, 7) is 0.807. The molecule has 2 aromatic rings. The van der Waals surface area contributed by atoms with E-state index in [0.717, 1.165) is 30.2 Å². The van der Waals surface area contributed by atoms with Gasteiger partial charge in [-0.2, -0.15) is 9.61 Å². The van der Waals surface area contributed by atoms with Crippen molar-refractivity contribution < 1.29 is 0 Å². The fraction of sp³-hybridized carbons (Fsp3) is 0.786. The quantitative estimate of drug-likeness (QED) is 0.797. The summed E-state index contributed by atoms with van der Waals surface area (Å²) >= 11 is 1.69. The topological polar surface area (TPSA) is 69.1 Å². The maximum absolute atomic E-state index is 5.51. The first-order chi connectivity index (χ1) is 9.88. The highest BCUT2D eigenvalue weighted by molar-refractivity contribution is 7.16. The summed E-state index contributed by atoms with van der Waals surface area (Å²) in [4.78, 5) is 0.962. The van der Waals surface area contributed by atoms with Crippen molar-refractivity contribution in [2.75, 3.05) is 6.54 Å². The van der Waals surface area contributed by atoms with Gasteiger partial charge in [-0.05, 0) is 32.2 Å². The smallest absolute Gasteiger partial charge is 0.234 e. The first kappa shape index (κ1) is 13.9. The summed E-state index contributed by atoms with van der Waals surface area (Å²) in [5.74, 6) is 1.66. The molecule has 6 heteroatoms.